The van der Waals surface area contributed by atoms with Crippen molar-refractivity contribution in [1.82, 2.24) is 15.5 Å². The molecule has 3 amide bonds. The zero-order valence-electron chi connectivity index (χ0n) is 11.9. The molecule has 0 aromatic heterocycles. The normalized spacial score (nSPS) is 22.5. The van der Waals surface area contributed by atoms with Crippen molar-refractivity contribution in [3.63, 3.8) is 0 Å². The second-order valence-corrected chi connectivity index (χ2v) is 5.25. The Kier molecular flexibility index (Phi) is 5.12. The number of rotatable bonds is 5. The summed E-state index contributed by atoms with van der Waals surface area (Å²) in [7, 11) is 1.50. The Balaban J connectivity index is 2.66. The van der Waals surface area contributed by atoms with Gasteiger partial charge in [-0.2, -0.15) is 0 Å². The summed E-state index contributed by atoms with van der Waals surface area (Å²) < 4.78 is 0. The number of hydrogen-bond acceptors (Lipinski definition) is 4. The molecule has 1 aliphatic rings. The molecule has 0 radical (unpaired) electrons. The first-order valence-electron chi connectivity index (χ1n) is 6.42. The number of urea groups is 1. The Hall–Kier alpha value is -2.32. The lowest BCUT2D eigenvalue weighted by Crippen LogP contribution is -2.49. The van der Waals surface area contributed by atoms with Crippen LogP contribution in [-0.4, -0.2) is 65.2 Å². The Morgan fingerprint density at radius 2 is 1.90 bits per heavy atom. The Morgan fingerprint density at radius 1 is 1.29 bits per heavy atom. The van der Waals surface area contributed by atoms with Crippen molar-refractivity contribution in [2.75, 3.05) is 20.1 Å². The molecule has 0 aromatic carbocycles. The van der Waals surface area contributed by atoms with Gasteiger partial charge >= 0.3 is 18.0 Å². The minimum atomic E-state index is -1.50. The molecule has 0 spiro atoms. The monoisotopic (exact) mass is 301 g/mol. The predicted octanol–water partition coefficient (Wildman–Crippen LogP) is -0.918. The largest absolute Gasteiger partial charge is 0.481 e. The minimum absolute atomic E-state index is 0.151. The van der Waals surface area contributed by atoms with Crippen LogP contribution in [0.2, 0.25) is 0 Å². The summed E-state index contributed by atoms with van der Waals surface area (Å²) in [4.78, 5) is 46.5. The number of hydrogen-bond donors (Lipinski definition) is 4. The van der Waals surface area contributed by atoms with Gasteiger partial charge in [0.1, 0.15) is 6.04 Å². The van der Waals surface area contributed by atoms with Gasteiger partial charge in [-0.1, -0.05) is 0 Å². The second kappa shape index (κ2) is 6.42. The van der Waals surface area contributed by atoms with Crippen LogP contribution in [0.5, 0.6) is 0 Å². The van der Waals surface area contributed by atoms with Gasteiger partial charge in [0.15, 0.2) is 0 Å². The topological polar surface area (TPSA) is 136 Å². The van der Waals surface area contributed by atoms with Crippen LogP contribution < -0.4 is 10.6 Å². The number of amides is 3. The molecule has 1 fully saturated rings. The standard InChI is InChI=1S/C12H19N3O6/c1-12(10(20)13-2)3-4-15(6-12)11(21)14-7(9(18)19)5-8(16)17/h7H,3-6H2,1-2H3,(H,13,20)(H,14,21)(H,16,17)(H,18,19)/t7-,12?/m1/s1. The van der Waals surface area contributed by atoms with Gasteiger partial charge in [0, 0.05) is 20.1 Å². The molecule has 1 rings (SSSR count). The number of likely N-dealkylation sites (tertiary alicyclic amines) is 1. The van der Waals surface area contributed by atoms with Gasteiger partial charge in [0.05, 0.1) is 11.8 Å². The highest BCUT2D eigenvalue weighted by Crippen LogP contribution is 2.30. The van der Waals surface area contributed by atoms with E-state index in [1.807, 2.05) is 0 Å². The van der Waals surface area contributed by atoms with Gasteiger partial charge in [-0.15, -0.1) is 0 Å². The first-order chi connectivity index (χ1) is 9.69. The zero-order valence-corrected chi connectivity index (χ0v) is 11.9. The molecule has 0 bridgehead atoms. The molecule has 2 atom stereocenters. The summed E-state index contributed by atoms with van der Waals surface area (Å²) in [5.74, 6) is -2.93. The summed E-state index contributed by atoms with van der Waals surface area (Å²) in [6, 6.07) is -2.18. The molecule has 9 heteroatoms. The summed E-state index contributed by atoms with van der Waals surface area (Å²) in [6.45, 7) is 2.16. The van der Waals surface area contributed by atoms with Crippen molar-refractivity contribution in [2.45, 2.75) is 25.8 Å². The summed E-state index contributed by atoms with van der Waals surface area (Å²) in [5.41, 5.74) is -0.725. The zero-order chi connectivity index (χ0) is 16.2. The maximum atomic E-state index is 12.0. The van der Waals surface area contributed by atoms with Crippen LogP contribution in [0.4, 0.5) is 4.79 Å². The van der Waals surface area contributed by atoms with Crippen LogP contribution in [0.1, 0.15) is 19.8 Å². The molecule has 118 valence electrons. The number of aliphatic carboxylic acids is 2. The van der Waals surface area contributed by atoms with Crippen LogP contribution >= 0.6 is 0 Å². The average molecular weight is 301 g/mol. The molecular formula is C12H19N3O6. The van der Waals surface area contributed by atoms with Crippen LogP contribution in [0.25, 0.3) is 0 Å². The molecule has 4 N–H and O–H groups in total. The Morgan fingerprint density at radius 3 is 2.38 bits per heavy atom. The van der Waals surface area contributed by atoms with Crippen LogP contribution in [0, 0.1) is 5.41 Å². The van der Waals surface area contributed by atoms with E-state index in [2.05, 4.69) is 10.6 Å². The first kappa shape index (κ1) is 16.7. The average Bonchev–Trinajstić information content (AvgIpc) is 2.80. The number of carbonyl (C=O) groups is 4. The van der Waals surface area contributed by atoms with E-state index in [4.69, 9.17) is 10.2 Å². The van der Waals surface area contributed by atoms with E-state index in [1.165, 1.54) is 11.9 Å². The highest BCUT2D eigenvalue weighted by atomic mass is 16.4. The van der Waals surface area contributed by atoms with E-state index in [-0.39, 0.29) is 12.5 Å². The molecule has 0 aliphatic carbocycles. The van der Waals surface area contributed by atoms with Crippen LogP contribution in [0.15, 0.2) is 0 Å². The van der Waals surface area contributed by atoms with Crippen LogP contribution in [-0.2, 0) is 14.4 Å². The summed E-state index contributed by atoms with van der Waals surface area (Å²) >= 11 is 0. The fraction of sp³-hybridized carbons (Fsp3) is 0.667. The molecule has 1 saturated heterocycles. The highest BCUT2D eigenvalue weighted by Gasteiger charge is 2.42. The van der Waals surface area contributed by atoms with E-state index < -0.39 is 35.8 Å². The lowest BCUT2D eigenvalue weighted by Gasteiger charge is -2.24. The number of carbonyl (C=O) groups excluding carboxylic acids is 2. The quantitative estimate of drug-likeness (QED) is 0.518. The van der Waals surface area contributed by atoms with Crippen molar-refractivity contribution in [3.8, 4) is 0 Å². The second-order valence-electron chi connectivity index (χ2n) is 5.25. The molecule has 1 aliphatic heterocycles. The Labute approximate surface area is 121 Å². The van der Waals surface area contributed by atoms with E-state index >= 15 is 0 Å². The van der Waals surface area contributed by atoms with Crippen molar-refractivity contribution >= 4 is 23.9 Å². The summed E-state index contributed by atoms with van der Waals surface area (Å²) in [6.07, 6.45) is -0.252. The third-order valence-corrected chi connectivity index (χ3v) is 3.51. The number of nitrogens with zero attached hydrogens (tertiary/aromatic N) is 1. The Bertz CT molecular complexity index is 466. The smallest absolute Gasteiger partial charge is 0.326 e. The number of carboxylic acid groups (broad SMARTS) is 2. The van der Waals surface area contributed by atoms with Crippen molar-refractivity contribution in [1.29, 1.82) is 0 Å². The van der Waals surface area contributed by atoms with Gasteiger partial charge in [0.2, 0.25) is 5.91 Å². The molecule has 21 heavy (non-hydrogen) atoms. The van der Waals surface area contributed by atoms with Crippen molar-refractivity contribution < 1.29 is 29.4 Å². The van der Waals surface area contributed by atoms with Crippen molar-refractivity contribution in [2.24, 2.45) is 5.41 Å². The number of nitrogens with one attached hydrogen (secondary N) is 2. The fourth-order valence-electron chi connectivity index (χ4n) is 2.24. The van der Waals surface area contributed by atoms with E-state index in [9.17, 15) is 19.2 Å². The maximum Gasteiger partial charge on any atom is 0.326 e. The first-order valence-corrected chi connectivity index (χ1v) is 6.42. The SMILES string of the molecule is CNC(=O)C1(C)CCN(C(=O)N[C@H](CC(=O)O)C(=O)O)C1. The van der Waals surface area contributed by atoms with Crippen LogP contribution in [0.3, 0.4) is 0 Å². The van der Waals surface area contributed by atoms with Crippen molar-refractivity contribution in [3.05, 3.63) is 0 Å². The third kappa shape index (κ3) is 4.07. The lowest BCUT2D eigenvalue weighted by atomic mass is 9.89. The van der Waals surface area contributed by atoms with E-state index in [1.54, 1.807) is 6.92 Å². The number of carboxylic acids is 2. The molecule has 1 heterocycles. The fourth-order valence-corrected chi connectivity index (χ4v) is 2.24. The maximum absolute atomic E-state index is 12.0. The van der Waals surface area contributed by atoms with Gasteiger partial charge in [-0.25, -0.2) is 9.59 Å². The molecule has 0 aromatic rings. The van der Waals surface area contributed by atoms with Gasteiger partial charge in [-0.05, 0) is 13.3 Å². The lowest BCUT2D eigenvalue weighted by molar-refractivity contribution is -0.145. The van der Waals surface area contributed by atoms with Gasteiger partial charge < -0.3 is 25.7 Å². The van der Waals surface area contributed by atoms with E-state index in [0.29, 0.717) is 13.0 Å². The predicted molar refractivity (Wildman–Crippen MR) is 70.6 cm³/mol. The highest BCUT2D eigenvalue weighted by molar-refractivity contribution is 5.87. The third-order valence-electron chi connectivity index (χ3n) is 3.51. The van der Waals surface area contributed by atoms with Gasteiger partial charge in [-0.3, -0.25) is 9.59 Å². The summed E-state index contributed by atoms with van der Waals surface area (Å²) in [5, 5.41) is 22.2. The molecule has 1 unspecified atom stereocenters. The molecular weight excluding hydrogens is 282 g/mol. The molecule has 9 nitrogen and oxygen atoms in total. The molecule has 0 saturated carbocycles. The van der Waals surface area contributed by atoms with E-state index in [0.717, 1.165) is 0 Å². The van der Waals surface area contributed by atoms with Gasteiger partial charge in [0.25, 0.3) is 0 Å². The minimum Gasteiger partial charge on any atom is -0.481 e.